The number of hydrogen-bond acceptors (Lipinski definition) is 2. The molecule has 0 spiro atoms. The van der Waals surface area contributed by atoms with E-state index in [-0.39, 0.29) is 0 Å². The van der Waals surface area contributed by atoms with Crippen LogP contribution in [0.2, 0.25) is 0 Å². The van der Waals surface area contributed by atoms with E-state index in [0.29, 0.717) is 0 Å². The number of ether oxygens (including phenoxy) is 1. The Morgan fingerprint density at radius 3 is 3.10 bits per heavy atom. The number of likely N-dealkylation sites (tertiary alicyclic amines) is 1. The molecule has 2 saturated heterocycles. The van der Waals surface area contributed by atoms with Crippen molar-refractivity contribution in [1.82, 2.24) is 4.90 Å². The molecule has 2 heterocycles. The van der Waals surface area contributed by atoms with Crippen molar-refractivity contribution in [3.8, 4) is 0 Å². The molecule has 0 amide bonds. The van der Waals surface area contributed by atoms with Crippen molar-refractivity contribution in [1.29, 1.82) is 0 Å². The fourth-order valence-corrected chi connectivity index (χ4v) is 2.18. The van der Waals surface area contributed by atoms with E-state index >= 15 is 0 Å². The van der Waals surface area contributed by atoms with Crippen LogP contribution in [0.4, 0.5) is 0 Å². The van der Waals surface area contributed by atoms with E-state index in [0.717, 1.165) is 25.2 Å². The largest absolute Gasteiger partial charge is 0.381 e. The fourth-order valence-electron chi connectivity index (χ4n) is 2.18. The van der Waals surface area contributed by atoms with Crippen molar-refractivity contribution < 1.29 is 4.74 Å². The van der Waals surface area contributed by atoms with Crippen molar-refractivity contribution in [2.45, 2.75) is 18.9 Å². The van der Waals surface area contributed by atoms with Crippen molar-refractivity contribution in [3.63, 3.8) is 0 Å². The molecule has 0 saturated carbocycles. The van der Waals surface area contributed by atoms with E-state index in [2.05, 4.69) is 11.9 Å². The summed E-state index contributed by atoms with van der Waals surface area (Å²) in [6.45, 7) is 3.26. The van der Waals surface area contributed by atoms with Crippen LogP contribution in [0, 0.1) is 5.92 Å². The van der Waals surface area contributed by atoms with Crippen LogP contribution in [0.25, 0.3) is 0 Å². The normalized spacial score (nSPS) is 41.7. The monoisotopic (exact) mass is 141 g/mol. The molecule has 0 N–H and O–H groups in total. The molecule has 58 valence electrons. The van der Waals surface area contributed by atoms with E-state index in [1.807, 2.05) is 0 Å². The highest BCUT2D eigenvalue weighted by Crippen LogP contribution is 2.28. The van der Waals surface area contributed by atoms with Gasteiger partial charge in [0.05, 0.1) is 6.61 Å². The van der Waals surface area contributed by atoms with Gasteiger partial charge in [-0.05, 0) is 32.4 Å². The van der Waals surface area contributed by atoms with Crippen molar-refractivity contribution in [3.05, 3.63) is 0 Å². The van der Waals surface area contributed by atoms with Crippen LogP contribution in [0.5, 0.6) is 0 Å². The second-order valence-corrected chi connectivity index (χ2v) is 3.46. The molecule has 10 heavy (non-hydrogen) atoms. The van der Waals surface area contributed by atoms with E-state index in [4.69, 9.17) is 4.74 Å². The molecule has 2 fully saturated rings. The Morgan fingerprint density at radius 1 is 1.40 bits per heavy atom. The molecule has 0 aromatic carbocycles. The number of hydrogen-bond donors (Lipinski definition) is 0. The quantitative estimate of drug-likeness (QED) is 0.493. The van der Waals surface area contributed by atoms with Crippen LogP contribution in [-0.2, 0) is 4.74 Å². The predicted molar refractivity (Wildman–Crippen MR) is 40.0 cm³/mol. The molecule has 0 aromatic rings. The Balaban J connectivity index is 2.01. The molecule has 2 aliphatic rings. The maximum absolute atomic E-state index is 5.41. The van der Waals surface area contributed by atoms with E-state index in [1.165, 1.54) is 19.4 Å². The zero-order valence-corrected chi connectivity index (χ0v) is 6.55. The van der Waals surface area contributed by atoms with E-state index in [1.54, 1.807) is 0 Å². The SMILES string of the molecule is CN1CCC2COCCC21. The van der Waals surface area contributed by atoms with Crippen molar-refractivity contribution in [2.75, 3.05) is 26.8 Å². The summed E-state index contributed by atoms with van der Waals surface area (Å²) >= 11 is 0. The second kappa shape index (κ2) is 2.51. The van der Waals surface area contributed by atoms with Gasteiger partial charge in [-0.2, -0.15) is 0 Å². The summed E-state index contributed by atoms with van der Waals surface area (Å²) in [6, 6.07) is 0.841. The minimum absolute atomic E-state index is 0.841. The third kappa shape index (κ3) is 0.956. The molecule has 2 unspecified atom stereocenters. The van der Waals surface area contributed by atoms with Crippen LogP contribution in [0.3, 0.4) is 0 Å². The van der Waals surface area contributed by atoms with Gasteiger partial charge in [0.2, 0.25) is 0 Å². The zero-order chi connectivity index (χ0) is 6.97. The molecular weight excluding hydrogens is 126 g/mol. The molecule has 2 rings (SSSR count). The van der Waals surface area contributed by atoms with Crippen molar-refractivity contribution in [2.24, 2.45) is 5.92 Å². The van der Waals surface area contributed by atoms with Gasteiger partial charge >= 0.3 is 0 Å². The average molecular weight is 141 g/mol. The molecule has 0 aromatic heterocycles. The van der Waals surface area contributed by atoms with Crippen LogP contribution >= 0.6 is 0 Å². The van der Waals surface area contributed by atoms with Crippen LogP contribution in [0.15, 0.2) is 0 Å². The topological polar surface area (TPSA) is 12.5 Å². The van der Waals surface area contributed by atoms with Gasteiger partial charge in [-0.15, -0.1) is 0 Å². The van der Waals surface area contributed by atoms with Gasteiger partial charge in [0, 0.05) is 12.6 Å². The van der Waals surface area contributed by atoms with E-state index < -0.39 is 0 Å². The molecule has 2 nitrogen and oxygen atoms in total. The first-order valence-corrected chi connectivity index (χ1v) is 4.16. The maximum atomic E-state index is 5.41. The van der Waals surface area contributed by atoms with Crippen molar-refractivity contribution >= 4 is 0 Å². The number of rotatable bonds is 0. The third-order valence-corrected chi connectivity index (χ3v) is 2.85. The van der Waals surface area contributed by atoms with Gasteiger partial charge in [0.15, 0.2) is 0 Å². The fraction of sp³-hybridized carbons (Fsp3) is 1.00. The molecule has 0 radical (unpaired) electrons. The Bertz CT molecular complexity index is 124. The van der Waals surface area contributed by atoms with Crippen LogP contribution in [0.1, 0.15) is 12.8 Å². The Hall–Kier alpha value is -0.0800. The summed E-state index contributed by atoms with van der Waals surface area (Å²) in [5, 5.41) is 0. The summed E-state index contributed by atoms with van der Waals surface area (Å²) in [4.78, 5) is 2.48. The van der Waals surface area contributed by atoms with E-state index in [9.17, 15) is 0 Å². The third-order valence-electron chi connectivity index (χ3n) is 2.85. The smallest absolute Gasteiger partial charge is 0.0509 e. The lowest BCUT2D eigenvalue weighted by Gasteiger charge is -2.29. The minimum atomic E-state index is 0.841. The highest BCUT2D eigenvalue weighted by atomic mass is 16.5. The Labute approximate surface area is 62.2 Å². The molecule has 0 bridgehead atoms. The predicted octanol–water partition coefficient (Wildman–Crippen LogP) is 0.727. The molecular formula is C8H15NO. The lowest BCUT2D eigenvalue weighted by Crippen LogP contribution is -2.36. The lowest BCUT2D eigenvalue weighted by molar-refractivity contribution is 0.0277. The number of fused-ring (bicyclic) bond motifs is 1. The summed E-state index contributed by atoms with van der Waals surface area (Å²) in [5.41, 5.74) is 0. The lowest BCUT2D eigenvalue weighted by atomic mass is 9.97. The second-order valence-electron chi connectivity index (χ2n) is 3.46. The standard InChI is InChI=1S/C8H15NO/c1-9-4-2-7-6-10-5-3-8(7)9/h7-8H,2-6H2,1H3. The summed E-state index contributed by atoms with van der Waals surface area (Å²) in [6.07, 6.45) is 2.60. The highest BCUT2D eigenvalue weighted by molar-refractivity contribution is 4.86. The van der Waals surface area contributed by atoms with Gasteiger partial charge < -0.3 is 9.64 Å². The Morgan fingerprint density at radius 2 is 2.30 bits per heavy atom. The van der Waals surface area contributed by atoms with Crippen LogP contribution < -0.4 is 0 Å². The van der Waals surface area contributed by atoms with Crippen LogP contribution in [-0.4, -0.2) is 37.7 Å². The summed E-state index contributed by atoms with van der Waals surface area (Å²) in [7, 11) is 2.23. The first kappa shape index (κ1) is 6.62. The van der Waals surface area contributed by atoms with Gasteiger partial charge in [0.1, 0.15) is 0 Å². The maximum Gasteiger partial charge on any atom is 0.0509 e. The highest BCUT2D eigenvalue weighted by Gasteiger charge is 2.33. The molecule has 0 aliphatic carbocycles. The number of nitrogens with zero attached hydrogens (tertiary/aromatic N) is 1. The van der Waals surface area contributed by atoms with Gasteiger partial charge in [-0.1, -0.05) is 0 Å². The zero-order valence-electron chi connectivity index (χ0n) is 6.55. The first-order chi connectivity index (χ1) is 4.88. The summed E-state index contributed by atoms with van der Waals surface area (Å²) in [5.74, 6) is 0.846. The summed E-state index contributed by atoms with van der Waals surface area (Å²) < 4.78 is 5.41. The molecule has 2 atom stereocenters. The van der Waals surface area contributed by atoms with Gasteiger partial charge in [-0.25, -0.2) is 0 Å². The van der Waals surface area contributed by atoms with Gasteiger partial charge in [0.25, 0.3) is 0 Å². The first-order valence-electron chi connectivity index (χ1n) is 4.16. The van der Waals surface area contributed by atoms with Gasteiger partial charge in [-0.3, -0.25) is 0 Å². The molecule has 2 heteroatoms. The molecule has 2 aliphatic heterocycles. The Kier molecular flexibility index (Phi) is 1.66. The average Bonchev–Trinajstić information content (AvgIpc) is 2.34. The minimum Gasteiger partial charge on any atom is -0.381 e.